The summed E-state index contributed by atoms with van der Waals surface area (Å²) in [5.74, 6) is 0.0699. The van der Waals surface area contributed by atoms with Crippen molar-refractivity contribution in [2.24, 2.45) is 0 Å². The molecule has 6 heteroatoms. The SMILES string of the molecule is Cc1nn(C(C)C)c(C)c1C(=O)N1CCO[C@@H](CN2CCCC2)[C@@H]1c1ccccc1. The Balaban J connectivity index is 1.68. The third kappa shape index (κ3) is 4.03. The van der Waals surface area contributed by atoms with Gasteiger partial charge in [-0.25, -0.2) is 0 Å². The van der Waals surface area contributed by atoms with E-state index in [4.69, 9.17) is 4.74 Å². The van der Waals surface area contributed by atoms with E-state index in [1.165, 1.54) is 12.8 Å². The lowest BCUT2D eigenvalue weighted by Gasteiger charge is -2.43. The Kier molecular flexibility index (Phi) is 6.25. The number of benzene rings is 1. The van der Waals surface area contributed by atoms with Crippen LogP contribution in [-0.4, -0.2) is 64.4 Å². The number of ether oxygens (including phenoxy) is 1. The van der Waals surface area contributed by atoms with E-state index in [9.17, 15) is 4.79 Å². The molecule has 0 radical (unpaired) electrons. The van der Waals surface area contributed by atoms with Gasteiger partial charge < -0.3 is 14.5 Å². The van der Waals surface area contributed by atoms with Gasteiger partial charge in [-0.05, 0) is 59.2 Å². The number of amides is 1. The van der Waals surface area contributed by atoms with Gasteiger partial charge in [-0.1, -0.05) is 30.3 Å². The number of likely N-dealkylation sites (tertiary alicyclic amines) is 1. The molecule has 0 bridgehead atoms. The standard InChI is InChI=1S/C24H34N4O2/c1-17(2)28-19(4)22(18(3)25-28)24(29)27-14-15-30-21(16-26-12-8-9-13-26)23(27)20-10-6-5-7-11-20/h5-7,10-11,17,21,23H,8-9,12-16H2,1-4H3/t21-,23-/m0/s1. The van der Waals surface area contributed by atoms with Crippen LogP contribution in [0.5, 0.6) is 0 Å². The van der Waals surface area contributed by atoms with Crippen LogP contribution < -0.4 is 0 Å². The summed E-state index contributed by atoms with van der Waals surface area (Å²) >= 11 is 0. The Morgan fingerprint density at radius 1 is 1.13 bits per heavy atom. The van der Waals surface area contributed by atoms with Crippen molar-refractivity contribution < 1.29 is 9.53 Å². The molecule has 2 aliphatic heterocycles. The van der Waals surface area contributed by atoms with E-state index in [0.717, 1.165) is 42.1 Å². The zero-order valence-corrected chi connectivity index (χ0v) is 18.7. The second-order valence-electron chi connectivity index (χ2n) is 8.86. The van der Waals surface area contributed by atoms with Crippen molar-refractivity contribution in [1.82, 2.24) is 19.6 Å². The lowest BCUT2D eigenvalue weighted by molar-refractivity contribution is -0.0707. The summed E-state index contributed by atoms with van der Waals surface area (Å²) in [4.78, 5) is 18.4. The van der Waals surface area contributed by atoms with Crippen LogP contribution in [0, 0.1) is 13.8 Å². The Bertz CT molecular complexity index is 871. The maximum atomic E-state index is 13.8. The maximum absolute atomic E-state index is 13.8. The van der Waals surface area contributed by atoms with Crippen LogP contribution >= 0.6 is 0 Å². The summed E-state index contributed by atoms with van der Waals surface area (Å²) in [6.07, 6.45) is 2.47. The van der Waals surface area contributed by atoms with E-state index < -0.39 is 0 Å². The van der Waals surface area contributed by atoms with Crippen LogP contribution in [0.3, 0.4) is 0 Å². The number of rotatable bonds is 5. The molecule has 2 aliphatic rings. The fourth-order valence-corrected chi connectivity index (χ4v) is 5.00. The molecular weight excluding hydrogens is 376 g/mol. The first kappa shape index (κ1) is 21.1. The Hall–Kier alpha value is -2.18. The van der Waals surface area contributed by atoms with Crippen molar-refractivity contribution in [3.05, 3.63) is 52.8 Å². The molecule has 1 amide bonds. The zero-order chi connectivity index (χ0) is 21.3. The first-order chi connectivity index (χ1) is 14.5. The Morgan fingerprint density at radius 3 is 2.47 bits per heavy atom. The normalized spacial score (nSPS) is 22.8. The number of morpholine rings is 1. The second-order valence-corrected chi connectivity index (χ2v) is 8.86. The quantitative estimate of drug-likeness (QED) is 0.753. The van der Waals surface area contributed by atoms with Gasteiger partial charge in [-0.2, -0.15) is 5.10 Å². The molecular formula is C24H34N4O2. The van der Waals surface area contributed by atoms with Gasteiger partial charge in [0.2, 0.25) is 0 Å². The van der Waals surface area contributed by atoms with E-state index in [0.29, 0.717) is 13.2 Å². The van der Waals surface area contributed by atoms with Crippen LogP contribution in [0.15, 0.2) is 30.3 Å². The van der Waals surface area contributed by atoms with Crippen molar-refractivity contribution >= 4 is 5.91 Å². The van der Waals surface area contributed by atoms with Crippen molar-refractivity contribution in [3.63, 3.8) is 0 Å². The van der Waals surface area contributed by atoms with Gasteiger partial charge in [0.05, 0.1) is 30.0 Å². The molecule has 0 saturated carbocycles. The minimum atomic E-state index is -0.0887. The molecule has 30 heavy (non-hydrogen) atoms. The van der Waals surface area contributed by atoms with Crippen LogP contribution in [-0.2, 0) is 4.74 Å². The summed E-state index contributed by atoms with van der Waals surface area (Å²) in [5.41, 5.74) is 3.63. The highest BCUT2D eigenvalue weighted by atomic mass is 16.5. The Labute approximate surface area is 179 Å². The highest BCUT2D eigenvalue weighted by molar-refractivity contribution is 5.96. The number of carbonyl (C=O) groups excluding carboxylic acids is 1. The number of carbonyl (C=O) groups is 1. The van der Waals surface area contributed by atoms with Gasteiger partial charge in [0.1, 0.15) is 0 Å². The summed E-state index contributed by atoms with van der Waals surface area (Å²) in [6, 6.07) is 10.5. The average Bonchev–Trinajstić information content (AvgIpc) is 3.35. The van der Waals surface area contributed by atoms with Crippen molar-refractivity contribution in [3.8, 4) is 0 Å². The van der Waals surface area contributed by atoms with Gasteiger partial charge in [0, 0.05) is 24.8 Å². The molecule has 0 N–H and O–H groups in total. The average molecular weight is 411 g/mol. The first-order valence-electron chi connectivity index (χ1n) is 11.2. The minimum Gasteiger partial charge on any atom is -0.373 e. The topological polar surface area (TPSA) is 50.6 Å². The van der Waals surface area contributed by atoms with E-state index in [-0.39, 0.29) is 24.1 Å². The predicted octanol–water partition coefficient (Wildman–Crippen LogP) is 3.76. The summed E-state index contributed by atoms with van der Waals surface area (Å²) in [7, 11) is 0. The van der Waals surface area contributed by atoms with Crippen molar-refractivity contribution in [1.29, 1.82) is 0 Å². The fraction of sp³-hybridized carbons (Fsp3) is 0.583. The number of aromatic nitrogens is 2. The number of aryl methyl sites for hydroxylation is 1. The van der Waals surface area contributed by atoms with E-state index >= 15 is 0 Å². The van der Waals surface area contributed by atoms with Gasteiger partial charge in [0.15, 0.2) is 0 Å². The second kappa shape index (κ2) is 8.90. The van der Waals surface area contributed by atoms with E-state index in [1.807, 2.05) is 41.6 Å². The van der Waals surface area contributed by atoms with Gasteiger partial charge in [-0.15, -0.1) is 0 Å². The van der Waals surface area contributed by atoms with Crippen molar-refractivity contribution in [2.45, 2.75) is 58.7 Å². The van der Waals surface area contributed by atoms with Crippen LogP contribution in [0.25, 0.3) is 0 Å². The molecule has 1 aromatic carbocycles. The fourth-order valence-electron chi connectivity index (χ4n) is 5.00. The molecule has 2 fully saturated rings. The van der Waals surface area contributed by atoms with E-state index in [1.54, 1.807) is 0 Å². The number of nitrogens with zero attached hydrogens (tertiary/aromatic N) is 4. The summed E-state index contributed by atoms with van der Waals surface area (Å²) in [5, 5.41) is 4.66. The molecule has 2 saturated heterocycles. The molecule has 2 aromatic rings. The highest BCUT2D eigenvalue weighted by Crippen LogP contribution is 2.33. The molecule has 4 rings (SSSR count). The minimum absolute atomic E-state index is 0.0241. The predicted molar refractivity (Wildman–Crippen MR) is 118 cm³/mol. The van der Waals surface area contributed by atoms with Gasteiger partial charge in [-0.3, -0.25) is 9.48 Å². The number of hydrogen-bond acceptors (Lipinski definition) is 4. The molecule has 0 unspecified atom stereocenters. The molecule has 3 heterocycles. The first-order valence-corrected chi connectivity index (χ1v) is 11.2. The number of hydrogen-bond donors (Lipinski definition) is 0. The largest absolute Gasteiger partial charge is 0.373 e. The molecule has 0 spiro atoms. The van der Waals surface area contributed by atoms with Crippen LogP contribution in [0.2, 0.25) is 0 Å². The Morgan fingerprint density at radius 2 is 1.83 bits per heavy atom. The summed E-state index contributed by atoms with van der Waals surface area (Å²) < 4.78 is 8.23. The molecule has 6 nitrogen and oxygen atoms in total. The maximum Gasteiger partial charge on any atom is 0.258 e. The highest BCUT2D eigenvalue weighted by Gasteiger charge is 2.39. The van der Waals surface area contributed by atoms with E-state index in [2.05, 4.69) is 36.0 Å². The van der Waals surface area contributed by atoms with Crippen molar-refractivity contribution in [2.75, 3.05) is 32.8 Å². The molecule has 2 atom stereocenters. The smallest absolute Gasteiger partial charge is 0.258 e. The molecule has 1 aromatic heterocycles. The van der Waals surface area contributed by atoms with Gasteiger partial charge in [0.25, 0.3) is 5.91 Å². The monoisotopic (exact) mass is 410 g/mol. The zero-order valence-electron chi connectivity index (χ0n) is 18.7. The van der Waals surface area contributed by atoms with Gasteiger partial charge >= 0.3 is 0 Å². The van der Waals surface area contributed by atoms with Crippen LogP contribution in [0.1, 0.15) is 66.1 Å². The third-order valence-corrected chi connectivity index (χ3v) is 6.42. The molecule has 0 aliphatic carbocycles. The molecule has 162 valence electrons. The summed E-state index contributed by atoms with van der Waals surface area (Å²) in [6.45, 7) is 12.4. The van der Waals surface area contributed by atoms with Crippen LogP contribution in [0.4, 0.5) is 0 Å². The lowest BCUT2D eigenvalue weighted by atomic mass is 9.96. The lowest BCUT2D eigenvalue weighted by Crippen LogP contribution is -2.51. The third-order valence-electron chi connectivity index (χ3n) is 6.42.